The topological polar surface area (TPSA) is 12.0 Å². The average Bonchev–Trinajstić information content (AvgIpc) is 2.50. The third-order valence-corrected chi connectivity index (χ3v) is 4.86. The van der Waals surface area contributed by atoms with E-state index in [2.05, 4.69) is 45.5 Å². The maximum absolute atomic E-state index is 13.5. The molecule has 0 amide bonds. The fraction of sp³-hybridized carbons (Fsp3) is 0.333. The number of aryl methyl sites for hydroxylation is 1. The third-order valence-electron chi connectivity index (χ3n) is 4.37. The molecule has 1 N–H and O–H groups in total. The molecule has 0 radical (unpaired) electrons. The van der Waals surface area contributed by atoms with Crippen molar-refractivity contribution in [1.29, 1.82) is 0 Å². The second-order valence-corrected chi connectivity index (χ2v) is 6.69. The Balaban J connectivity index is 1.96. The molecule has 0 aromatic heterocycles. The Morgan fingerprint density at radius 2 is 1.90 bits per heavy atom. The minimum Gasteiger partial charge on any atom is -0.316 e. The van der Waals surface area contributed by atoms with Gasteiger partial charge in [-0.2, -0.15) is 0 Å². The Kier molecular flexibility index (Phi) is 4.41. The summed E-state index contributed by atoms with van der Waals surface area (Å²) >= 11 is 3.56. The van der Waals surface area contributed by atoms with Crippen molar-refractivity contribution < 1.29 is 4.39 Å². The third kappa shape index (κ3) is 3.19. The van der Waals surface area contributed by atoms with Gasteiger partial charge in [0.1, 0.15) is 5.82 Å². The van der Waals surface area contributed by atoms with Gasteiger partial charge in [0.2, 0.25) is 0 Å². The van der Waals surface area contributed by atoms with Gasteiger partial charge in [-0.15, -0.1) is 0 Å². The molecule has 1 nitrogen and oxygen atoms in total. The van der Waals surface area contributed by atoms with Crippen LogP contribution < -0.4 is 5.32 Å². The van der Waals surface area contributed by atoms with Crippen LogP contribution >= 0.6 is 15.9 Å². The molecule has 2 unspecified atom stereocenters. The molecule has 1 heterocycles. The number of benzene rings is 2. The van der Waals surface area contributed by atoms with Crippen LogP contribution in [0.5, 0.6) is 0 Å². The number of hydrogen-bond acceptors (Lipinski definition) is 1. The van der Waals surface area contributed by atoms with Crippen molar-refractivity contribution in [2.75, 3.05) is 13.1 Å². The van der Waals surface area contributed by atoms with Gasteiger partial charge < -0.3 is 5.32 Å². The van der Waals surface area contributed by atoms with Gasteiger partial charge in [0, 0.05) is 16.9 Å². The summed E-state index contributed by atoms with van der Waals surface area (Å²) in [5.41, 5.74) is 3.32. The molecule has 0 saturated carbocycles. The van der Waals surface area contributed by atoms with Crippen molar-refractivity contribution >= 4 is 15.9 Å². The molecular weight excluding hydrogens is 329 g/mol. The van der Waals surface area contributed by atoms with E-state index >= 15 is 0 Å². The van der Waals surface area contributed by atoms with E-state index in [1.165, 1.54) is 11.1 Å². The largest absolute Gasteiger partial charge is 0.316 e. The summed E-state index contributed by atoms with van der Waals surface area (Å²) in [5, 5.41) is 3.49. The van der Waals surface area contributed by atoms with Gasteiger partial charge >= 0.3 is 0 Å². The van der Waals surface area contributed by atoms with Crippen LogP contribution in [0.1, 0.15) is 34.9 Å². The van der Waals surface area contributed by atoms with Crippen molar-refractivity contribution in [3.63, 3.8) is 0 Å². The Morgan fingerprint density at radius 1 is 1.10 bits per heavy atom. The zero-order valence-corrected chi connectivity index (χ0v) is 13.7. The molecule has 3 rings (SSSR count). The first kappa shape index (κ1) is 14.7. The molecular formula is C18H19BrFN. The molecule has 1 saturated heterocycles. The van der Waals surface area contributed by atoms with Crippen LogP contribution in [0.2, 0.25) is 0 Å². The van der Waals surface area contributed by atoms with Crippen LogP contribution in [0.3, 0.4) is 0 Å². The van der Waals surface area contributed by atoms with Crippen molar-refractivity contribution in [1.82, 2.24) is 5.32 Å². The monoisotopic (exact) mass is 347 g/mol. The smallest absolute Gasteiger partial charge is 0.126 e. The lowest BCUT2D eigenvalue weighted by molar-refractivity contribution is 0.403. The standard InChI is InChI=1S/C18H19BrFN/c1-12-9-14(5-6-18(12)20)16-7-8-21-11-17(16)13-3-2-4-15(19)10-13/h2-6,9-10,16-17,21H,7-8,11H2,1H3. The zero-order valence-electron chi connectivity index (χ0n) is 12.1. The molecule has 2 aromatic rings. The van der Waals surface area contributed by atoms with Crippen molar-refractivity contribution in [2.45, 2.75) is 25.2 Å². The minimum absolute atomic E-state index is 0.119. The van der Waals surface area contributed by atoms with Gasteiger partial charge in [-0.05, 0) is 60.7 Å². The number of rotatable bonds is 2. The number of hydrogen-bond donors (Lipinski definition) is 1. The SMILES string of the molecule is Cc1cc(C2CCNCC2c2cccc(Br)c2)ccc1F. The van der Waals surface area contributed by atoms with E-state index < -0.39 is 0 Å². The number of piperidine rings is 1. The van der Waals surface area contributed by atoms with Crippen molar-refractivity contribution in [2.24, 2.45) is 0 Å². The highest BCUT2D eigenvalue weighted by Crippen LogP contribution is 2.38. The van der Waals surface area contributed by atoms with Crippen LogP contribution in [0, 0.1) is 12.7 Å². The van der Waals surface area contributed by atoms with E-state index in [1.807, 2.05) is 19.1 Å². The lowest BCUT2D eigenvalue weighted by atomic mass is 9.77. The summed E-state index contributed by atoms with van der Waals surface area (Å²) in [6.45, 7) is 3.83. The molecule has 2 aromatic carbocycles. The second-order valence-electron chi connectivity index (χ2n) is 5.77. The van der Waals surface area contributed by atoms with Gasteiger partial charge in [-0.1, -0.05) is 40.2 Å². The highest BCUT2D eigenvalue weighted by molar-refractivity contribution is 9.10. The molecule has 1 fully saturated rings. The first-order chi connectivity index (χ1) is 10.1. The molecule has 0 spiro atoms. The lowest BCUT2D eigenvalue weighted by Gasteiger charge is -2.33. The lowest BCUT2D eigenvalue weighted by Crippen LogP contribution is -2.34. The van der Waals surface area contributed by atoms with Crippen LogP contribution in [0.4, 0.5) is 4.39 Å². The maximum Gasteiger partial charge on any atom is 0.126 e. The first-order valence-corrected chi connectivity index (χ1v) is 8.16. The minimum atomic E-state index is -0.119. The summed E-state index contributed by atoms with van der Waals surface area (Å²) in [7, 11) is 0. The Bertz CT molecular complexity index is 641. The maximum atomic E-state index is 13.5. The van der Waals surface area contributed by atoms with Gasteiger partial charge in [0.05, 0.1) is 0 Å². The van der Waals surface area contributed by atoms with Crippen LogP contribution in [-0.4, -0.2) is 13.1 Å². The molecule has 1 aliphatic rings. The fourth-order valence-corrected chi connectivity index (χ4v) is 3.66. The normalized spacial score (nSPS) is 22.2. The highest BCUT2D eigenvalue weighted by Gasteiger charge is 2.28. The molecule has 0 aliphatic carbocycles. The van der Waals surface area contributed by atoms with Crippen molar-refractivity contribution in [3.8, 4) is 0 Å². The first-order valence-electron chi connectivity index (χ1n) is 7.37. The molecule has 110 valence electrons. The molecule has 3 heteroatoms. The van der Waals surface area contributed by atoms with Crippen molar-refractivity contribution in [3.05, 3.63) is 69.4 Å². The molecule has 1 aliphatic heterocycles. The second kappa shape index (κ2) is 6.29. The molecule has 0 bridgehead atoms. The summed E-state index contributed by atoms with van der Waals surface area (Å²) in [6, 6.07) is 14.1. The number of nitrogens with one attached hydrogen (secondary N) is 1. The summed E-state index contributed by atoms with van der Waals surface area (Å²) in [6.07, 6.45) is 1.09. The Labute approximate surface area is 133 Å². The van der Waals surface area contributed by atoms with Crippen LogP contribution in [-0.2, 0) is 0 Å². The fourth-order valence-electron chi connectivity index (χ4n) is 3.24. The number of halogens is 2. The van der Waals surface area contributed by atoms with Gasteiger partial charge in [0.25, 0.3) is 0 Å². The predicted octanol–water partition coefficient (Wildman–Crippen LogP) is 4.76. The van der Waals surface area contributed by atoms with Gasteiger partial charge in [-0.25, -0.2) is 4.39 Å². The summed E-state index contributed by atoms with van der Waals surface area (Å²) in [5.74, 6) is 0.757. The highest BCUT2D eigenvalue weighted by atomic mass is 79.9. The molecule has 2 atom stereocenters. The molecule has 21 heavy (non-hydrogen) atoms. The van der Waals surface area contributed by atoms with E-state index in [4.69, 9.17) is 0 Å². The van der Waals surface area contributed by atoms with Crippen LogP contribution in [0.15, 0.2) is 46.9 Å². The summed E-state index contributed by atoms with van der Waals surface area (Å²) in [4.78, 5) is 0. The average molecular weight is 348 g/mol. The van der Waals surface area contributed by atoms with E-state index in [9.17, 15) is 4.39 Å². The van der Waals surface area contributed by atoms with E-state index in [1.54, 1.807) is 6.07 Å². The Hall–Kier alpha value is -1.19. The quantitative estimate of drug-likeness (QED) is 0.825. The van der Waals surface area contributed by atoms with Gasteiger partial charge in [0.15, 0.2) is 0 Å². The predicted molar refractivity (Wildman–Crippen MR) is 88.2 cm³/mol. The summed E-state index contributed by atoms with van der Waals surface area (Å²) < 4.78 is 14.6. The van der Waals surface area contributed by atoms with E-state index in [0.717, 1.165) is 29.5 Å². The van der Waals surface area contributed by atoms with Crippen LogP contribution in [0.25, 0.3) is 0 Å². The van der Waals surface area contributed by atoms with Gasteiger partial charge in [-0.3, -0.25) is 0 Å². The van der Waals surface area contributed by atoms with E-state index in [0.29, 0.717) is 11.8 Å². The van der Waals surface area contributed by atoms with E-state index in [-0.39, 0.29) is 5.82 Å². The Morgan fingerprint density at radius 3 is 2.67 bits per heavy atom. The zero-order chi connectivity index (χ0) is 14.8.